The summed E-state index contributed by atoms with van der Waals surface area (Å²) in [6.45, 7) is 0.553. The van der Waals surface area contributed by atoms with Crippen LogP contribution in [0.2, 0.25) is 0 Å². The zero-order valence-electron chi connectivity index (χ0n) is 12.9. The van der Waals surface area contributed by atoms with Crippen molar-refractivity contribution in [2.24, 2.45) is 0 Å². The molecule has 0 aliphatic carbocycles. The van der Waals surface area contributed by atoms with Gasteiger partial charge in [-0.15, -0.1) is 10.2 Å². The van der Waals surface area contributed by atoms with Crippen LogP contribution in [0.3, 0.4) is 0 Å². The number of benzene rings is 2. The molecule has 0 radical (unpaired) electrons. The van der Waals surface area contributed by atoms with Crippen LogP contribution in [0.5, 0.6) is 0 Å². The third kappa shape index (κ3) is 3.09. The molecule has 2 aromatic heterocycles. The number of hydrogen-bond donors (Lipinski definition) is 2. The first-order valence-corrected chi connectivity index (χ1v) is 7.49. The maximum absolute atomic E-state index is 12.6. The topological polar surface area (TPSA) is 96.7 Å². The number of nitrogens with zero attached hydrogens (tertiary/aromatic N) is 3. The number of aromatic amines is 1. The first kappa shape index (κ1) is 15.0. The summed E-state index contributed by atoms with van der Waals surface area (Å²) in [5, 5.41) is 17.8. The Hall–Kier alpha value is -3.55. The molecule has 0 bridgehead atoms. The third-order valence-electron chi connectivity index (χ3n) is 3.76. The second kappa shape index (κ2) is 6.16. The molecule has 2 heterocycles. The Morgan fingerprint density at radius 2 is 2.00 bits per heavy atom. The third-order valence-corrected chi connectivity index (χ3v) is 3.76. The lowest BCUT2D eigenvalue weighted by molar-refractivity contribution is 0.0836. The van der Waals surface area contributed by atoms with Gasteiger partial charge in [-0.2, -0.15) is 9.60 Å². The second-order valence-electron chi connectivity index (χ2n) is 5.42. The average Bonchev–Trinajstić information content (AvgIpc) is 3.29. The Labute approximate surface area is 140 Å². The molecule has 0 amide bonds. The second-order valence-corrected chi connectivity index (χ2v) is 5.42. The van der Waals surface area contributed by atoms with Gasteiger partial charge in [-0.1, -0.05) is 12.1 Å². The quantitative estimate of drug-likeness (QED) is 0.542. The molecule has 8 heteroatoms. The van der Waals surface area contributed by atoms with Crippen LogP contribution in [0.4, 0.5) is 10.1 Å². The van der Waals surface area contributed by atoms with Crippen molar-refractivity contribution in [1.29, 1.82) is 0 Å². The molecule has 25 heavy (non-hydrogen) atoms. The average molecular weight is 337 g/mol. The van der Waals surface area contributed by atoms with Gasteiger partial charge in [0, 0.05) is 17.6 Å². The lowest BCUT2D eigenvalue weighted by Crippen LogP contribution is -1.99. The number of carbonyl (C=O) groups is 1. The number of anilines is 1. The van der Waals surface area contributed by atoms with E-state index >= 15 is 0 Å². The molecule has 0 fully saturated rings. The monoisotopic (exact) mass is 337 g/mol. The van der Waals surface area contributed by atoms with E-state index < -0.39 is 6.04 Å². The van der Waals surface area contributed by atoms with Crippen LogP contribution >= 0.6 is 0 Å². The predicted octanol–water partition coefficient (Wildman–Crippen LogP) is 3.33. The lowest BCUT2D eigenvalue weighted by Gasteiger charge is -2.06. The number of halogens is 1. The van der Waals surface area contributed by atoms with Gasteiger partial charge in [-0.25, -0.2) is 0 Å². The van der Waals surface area contributed by atoms with Crippen LogP contribution in [-0.4, -0.2) is 26.7 Å². The molecule has 0 atom stereocenters. The normalized spacial score (nSPS) is 10.9. The zero-order chi connectivity index (χ0) is 17.2. The van der Waals surface area contributed by atoms with E-state index in [-0.39, 0.29) is 5.56 Å². The number of hydrogen-bond acceptors (Lipinski definition) is 6. The molecule has 7 nitrogen and oxygen atoms in total. The van der Waals surface area contributed by atoms with E-state index in [1.165, 1.54) is 12.1 Å². The van der Waals surface area contributed by atoms with Crippen LogP contribution < -0.4 is 5.32 Å². The number of carbonyl (C=O) groups excluding carboxylic acids is 1. The summed E-state index contributed by atoms with van der Waals surface area (Å²) < 4.78 is 18.3. The number of aromatic nitrogens is 4. The highest BCUT2D eigenvalue weighted by Gasteiger charge is 2.10. The van der Waals surface area contributed by atoms with Gasteiger partial charge in [-0.3, -0.25) is 4.79 Å². The van der Waals surface area contributed by atoms with Crippen molar-refractivity contribution in [2.75, 3.05) is 5.32 Å². The van der Waals surface area contributed by atoms with Gasteiger partial charge in [-0.05, 0) is 47.2 Å². The summed E-state index contributed by atoms with van der Waals surface area (Å²) in [7, 11) is 0. The van der Waals surface area contributed by atoms with Crippen LogP contribution in [-0.2, 0) is 6.54 Å². The minimum atomic E-state index is -1.44. The summed E-state index contributed by atoms with van der Waals surface area (Å²) in [6.07, 6.45) is 0. The van der Waals surface area contributed by atoms with Crippen LogP contribution in [0.25, 0.3) is 22.6 Å². The molecule has 2 aromatic carbocycles. The van der Waals surface area contributed by atoms with Crippen molar-refractivity contribution in [3.8, 4) is 11.6 Å². The van der Waals surface area contributed by atoms with E-state index in [1.54, 1.807) is 12.1 Å². The molecule has 0 saturated heterocycles. The van der Waals surface area contributed by atoms with Crippen LogP contribution in [0, 0.1) is 0 Å². The molecule has 2 N–H and O–H groups in total. The fourth-order valence-corrected chi connectivity index (χ4v) is 2.49. The number of fused-ring (bicyclic) bond motifs is 1. The summed E-state index contributed by atoms with van der Waals surface area (Å²) in [5.41, 5.74) is 2.55. The smallest absolute Gasteiger partial charge is 0.332 e. The molecular formula is C17H12FN5O2. The maximum atomic E-state index is 12.6. The van der Waals surface area contributed by atoms with Crippen LogP contribution in [0.15, 0.2) is 52.9 Å². The van der Waals surface area contributed by atoms with Crippen molar-refractivity contribution in [3.63, 3.8) is 0 Å². The van der Waals surface area contributed by atoms with Gasteiger partial charge < -0.3 is 9.73 Å². The first-order chi connectivity index (χ1) is 12.2. The van der Waals surface area contributed by atoms with Gasteiger partial charge in [0.1, 0.15) is 5.58 Å². The summed E-state index contributed by atoms with van der Waals surface area (Å²) in [6, 6.07) is 12.5. The van der Waals surface area contributed by atoms with Crippen molar-refractivity contribution in [1.82, 2.24) is 20.6 Å². The highest BCUT2D eigenvalue weighted by atomic mass is 19.1. The largest absolute Gasteiger partial charge is 0.453 e. The van der Waals surface area contributed by atoms with E-state index in [0.29, 0.717) is 18.1 Å². The minimum absolute atomic E-state index is 0.0385. The number of nitrogens with one attached hydrogen (secondary N) is 2. The predicted molar refractivity (Wildman–Crippen MR) is 88.6 cm³/mol. The molecule has 0 aliphatic rings. The van der Waals surface area contributed by atoms with Gasteiger partial charge >= 0.3 is 6.04 Å². The Balaban J connectivity index is 1.50. The maximum Gasteiger partial charge on any atom is 0.332 e. The van der Waals surface area contributed by atoms with E-state index in [0.717, 1.165) is 22.2 Å². The van der Waals surface area contributed by atoms with E-state index in [2.05, 4.69) is 25.9 Å². The zero-order valence-corrected chi connectivity index (χ0v) is 12.9. The van der Waals surface area contributed by atoms with E-state index in [1.807, 2.05) is 24.3 Å². The minimum Gasteiger partial charge on any atom is -0.453 e. The Kier molecular flexibility index (Phi) is 3.70. The van der Waals surface area contributed by atoms with Crippen molar-refractivity contribution in [3.05, 3.63) is 59.7 Å². The summed E-state index contributed by atoms with van der Waals surface area (Å²) in [4.78, 5) is 10.6. The SMILES string of the molecule is O=C(F)c1ccc(NCc2ccc3cc(-c4nn[nH]n4)oc3c2)cc1. The lowest BCUT2D eigenvalue weighted by atomic mass is 10.1. The molecule has 0 unspecified atom stereocenters. The number of rotatable bonds is 5. The molecule has 124 valence electrons. The highest BCUT2D eigenvalue weighted by molar-refractivity contribution is 5.88. The molecular weight excluding hydrogens is 325 g/mol. The molecule has 4 rings (SSSR count). The fraction of sp³-hybridized carbons (Fsp3) is 0.0588. The number of furan rings is 1. The van der Waals surface area contributed by atoms with Crippen molar-refractivity contribution < 1.29 is 13.6 Å². The molecule has 0 aliphatic heterocycles. The molecule has 4 aromatic rings. The van der Waals surface area contributed by atoms with E-state index in [4.69, 9.17) is 4.42 Å². The fourth-order valence-electron chi connectivity index (χ4n) is 2.49. The first-order valence-electron chi connectivity index (χ1n) is 7.49. The number of tetrazole rings is 1. The Morgan fingerprint density at radius 3 is 2.72 bits per heavy atom. The Morgan fingerprint density at radius 1 is 1.16 bits per heavy atom. The van der Waals surface area contributed by atoms with Crippen molar-refractivity contribution >= 4 is 22.7 Å². The van der Waals surface area contributed by atoms with Crippen molar-refractivity contribution in [2.45, 2.75) is 6.54 Å². The van der Waals surface area contributed by atoms with E-state index in [9.17, 15) is 9.18 Å². The van der Waals surface area contributed by atoms with Gasteiger partial charge in [0.05, 0.1) is 5.56 Å². The summed E-state index contributed by atoms with van der Waals surface area (Å²) in [5.74, 6) is 0.943. The standard InChI is InChI=1S/C17H12FN5O2/c18-16(24)11-3-5-13(6-4-11)19-9-10-1-2-12-8-15(25-14(12)7-10)17-20-22-23-21-17/h1-8,19H,9H2,(H,20,21,22,23). The summed E-state index contributed by atoms with van der Waals surface area (Å²) >= 11 is 0. The Bertz CT molecular complexity index is 1030. The highest BCUT2D eigenvalue weighted by Crippen LogP contribution is 2.26. The van der Waals surface area contributed by atoms with Gasteiger partial charge in [0.2, 0.25) is 5.82 Å². The molecule has 0 saturated carbocycles. The molecule has 0 spiro atoms. The number of H-pyrrole nitrogens is 1. The van der Waals surface area contributed by atoms with Gasteiger partial charge in [0.15, 0.2) is 5.76 Å². The van der Waals surface area contributed by atoms with Crippen LogP contribution in [0.1, 0.15) is 15.9 Å². The van der Waals surface area contributed by atoms with Gasteiger partial charge in [0.25, 0.3) is 0 Å².